The number of carboxylic acids is 1. The predicted molar refractivity (Wildman–Crippen MR) is 72.3 cm³/mol. The van der Waals surface area contributed by atoms with Crippen molar-refractivity contribution in [2.75, 3.05) is 13.1 Å². The summed E-state index contributed by atoms with van der Waals surface area (Å²) in [6.45, 7) is 1.47. The number of hydrogen-bond donors (Lipinski definition) is 2. The summed E-state index contributed by atoms with van der Waals surface area (Å²) >= 11 is 12.0. The second kappa shape index (κ2) is 5.47. The Morgan fingerprint density at radius 2 is 2.00 bits per heavy atom. The van der Waals surface area contributed by atoms with Gasteiger partial charge in [-0.2, -0.15) is 0 Å². The number of aliphatic carboxylic acids is 1. The maximum atomic E-state index is 11.6. The molecule has 0 radical (unpaired) electrons. The number of hydrogen-bond acceptors (Lipinski definition) is 2. The molecule has 0 atom stereocenters. The van der Waals surface area contributed by atoms with Crippen molar-refractivity contribution in [2.24, 2.45) is 5.41 Å². The molecule has 2 N–H and O–H groups in total. The number of piperidine rings is 1. The lowest BCUT2D eigenvalue weighted by molar-refractivity contribution is -0.150. The Morgan fingerprint density at radius 1 is 1.33 bits per heavy atom. The highest BCUT2D eigenvalue weighted by molar-refractivity contribution is 6.35. The van der Waals surface area contributed by atoms with Gasteiger partial charge in [-0.1, -0.05) is 29.3 Å². The molecule has 1 fully saturated rings. The molecule has 1 aromatic carbocycles. The van der Waals surface area contributed by atoms with Crippen LogP contribution < -0.4 is 5.32 Å². The van der Waals surface area contributed by atoms with E-state index in [-0.39, 0.29) is 0 Å². The maximum Gasteiger partial charge on any atom is 0.310 e. The lowest BCUT2D eigenvalue weighted by Crippen LogP contribution is -2.43. The molecule has 2 rings (SSSR count). The van der Waals surface area contributed by atoms with E-state index in [0.717, 1.165) is 18.7 Å². The van der Waals surface area contributed by atoms with Crippen LogP contribution in [0.1, 0.15) is 18.4 Å². The number of carbonyl (C=O) groups is 1. The second-order valence-electron chi connectivity index (χ2n) is 4.75. The van der Waals surface area contributed by atoms with Crippen molar-refractivity contribution in [3.8, 4) is 0 Å². The van der Waals surface area contributed by atoms with Crippen molar-refractivity contribution in [3.05, 3.63) is 33.8 Å². The summed E-state index contributed by atoms with van der Waals surface area (Å²) in [6.07, 6.45) is 1.71. The van der Waals surface area contributed by atoms with Crippen molar-refractivity contribution in [1.82, 2.24) is 5.32 Å². The van der Waals surface area contributed by atoms with E-state index in [4.69, 9.17) is 23.2 Å². The summed E-state index contributed by atoms with van der Waals surface area (Å²) in [5.74, 6) is -0.741. The van der Waals surface area contributed by atoms with Crippen molar-refractivity contribution in [2.45, 2.75) is 19.3 Å². The summed E-state index contributed by atoms with van der Waals surface area (Å²) < 4.78 is 0. The molecular formula is C13H15Cl2NO2. The number of carboxylic acid groups (broad SMARTS) is 1. The van der Waals surface area contributed by atoms with Gasteiger partial charge < -0.3 is 10.4 Å². The normalized spacial score (nSPS) is 18.6. The Morgan fingerprint density at radius 3 is 2.56 bits per heavy atom. The van der Waals surface area contributed by atoms with E-state index >= 15 is 0 Å². The SMILES string of the molecule is O=C(O)C1(Cc2ccc(Cl)cc2Cl)CCNCC1. The fraction of sp³-hybridized carbons (Fsp3) is 0.462. The topological polar surface area (TPSA) is 49.3 Å². The van der Waals surface area contributed by atoms with Gasteiger partial charge in [0.2, 0.25) is 0 Å². The molecule has 0 aromatic heterocycles. The lowest BCUT2D eigenvalue weighted by Gasteiger charge is -2.34. The fourth-order valence-electron chi connectivity index (χ4n) is 2.40. The van der Waals surface area contributed by atoms with Crippen LogP contribution >= 0.6 is 23.2 Å². The number of nitrogens with one attached hydrogen (secondary N) is 1. The van der Waals surface area contributed by atoms with Gasteiger partial charge in [-0.25, -0.2) is 0 Å². The van der Waals surface area contributed by atoms with E-state index in [0.29, 0.717) is 29.3 Å². The van der Waals surface area contributed by atoms with Gasteiger partial charge in [0.15, 0.2) is 0 Å². The molecule has 0 bridgehead atoms. The van der Waals surface area contributed by atoms with E-state index in [1.807, 2.05) is 6.07 Å². The molecule has 0 unspecified atom stereocenters. The number of halogens is 2. The molecule has 1 aliphatic rings. The minimum atomic E-state index is -0.741. The molecule has 0 aliphatic carbocycles. The largest absolute Gasteiger partial charge is 0.481 e. The highest BCUT2D eigenvalue weighted by Gasteiger charge is 2.40. The molecule has 0 saturated carbocycles. The van der Waals surface area contributed by atoms with Crippen LogP contribution in [-0.2, 0) is 11.2 Å². The van der Waals surface area contributed by atoms with Gasteiger partial charge in [0.05, 0.1) is 5.41 Å². The van der Waals surface area contributed by atoms with Gasteiger partial charge in [0.25, 0.3) is 0 Å². The van der Waals surface area contributed by atoms with Crippen LogP contribution in [0.2, 0.25) is 10.0 Å². The van der Waals surface area contributed by atoms with Crippen molar-refractivity contribution >= 4 is 29.2 Å². The first kappa shape index (κ1) is 13.7. The Balaban J connectivity index is 2.26. The molecule has 1 aliphatic heterocycles. The van der Waals surface area contributed by atoms with Crippen LogP contribution in [0, 0.1) is 5.41 Å². The first-order valence-corrected chi connectivity index (χ1v) is 6.67. The highest BCUT2D eigenvalue weighted by atomic mass is 35.5. The molecule has 5 heteroatoms. The zero-order valence-corrected chi connectivity index (χ0v) is 11.4. The van der Waals surface area contributed by atoms with Crippen molar-refractivity contribution in [3.63, 3.8) is 0 Å². The Hall–Kier alpha value is -0.770. The van der Waals surface area contributed by atoms with Crippen LogP contribution in [0.3, 0.4) is 0 Å². The zero-order valence-electron chi connectivity index (χ0n) is 9.88. The first-order valence-electron chi connectivity index (χ1n) is 5.92. The van der Waals surface area contributed by atoms with Crippen LogP contribution in [0.15, 0.2) is 18.2 Å². The van der Waals surface area contributed by atoms with Gasteiger partial charge in [0.1, 0.15) is 0 Å². The average molecular weight is 288 g/mol. The molecular weight excluding hydrogens is 273 g/mol. The van der Waals surface area contributed by atoms with Crippen LogP contribution in [0.25, 0.3) is 0 Å². The number of rotatable bonds is 3. The monoisotopic (exact) mass is 287 g/mol. The van der Waals surface area contributed by atoms with E-state index in [9.17, 15) is 9.90 Å². The quantitative estimate of drug-likeness (QED) is 0.899. The van der Waals surface area contributed by atoms with Gasteiger partial charge in [-0.05, 0) is 50.0 Å². The van der Waals surface area contributed by atoms with E-state index < -0.39 is 11.4 Å². The summed E-state index contributed by atoms with van der Waals surface area (Å²) in [5, 5.41) is 13.8. The van der Waals surface area contributed by atoms with Crippen LogP contribution in [0.4, 0.5) is 0 Å². The predicted octanol–water partition coefficient (Wildman–Crippen LogP) is 2.99. The lowest BCUT2D eigenvalue weighted by atomic mass is 9.74. The Kier molecular flexibility index (Phi) is 4.15. The third kappa shape index (κ3) is 2.79. The van der Waals surface area contributed by atoms with Crippen molar-refractivity contribution in [1.29, 1.82) is 0 Å². The van der Waals surface area contributed by atoms with Gasteiger partial charge >= 0.3 is 5.97 Å². The van der Waals surface area contributed by atoms with Gasteiger partial charge in [-0.15, -0.1) is 0 Å². The van der Waals surface area contributed by atoms with Gasteiger partial charge in [-0.3, -0.25) is 4.79 Å². The highest BCUT2D eigenvalue weighted by Crippen LogP contribution is 2.35. The third-order valence-corrected chi connectivity index (χ3v) is 4.15. The van der Waals surface area contributed by atoms with Gasteiger partial charge in [0, 0.05) is 10.0 Å². The average Bonchev–Trinajstić information content (AvgIpc) is 2.34. The standard InChI is InChI=1S/C13H15Cl2NO2/c14-10-2-1-9(11(15)7-10)8-13(12(17)18)3-5-16-6-4-13/h1-2,7,16H,3-6,8H2,(H,17,18). The van der Waals surface area contributed by atoms with Crippen molar-refractivity contribution < 1.29 is 9.90 Å². The minimum absolute atomic E-state index is 0.458. The molecule has 0 amide bonds. The fourth-order valence-corrected chi connectivity index (χ4v) is 2.88. The smallest absolute Gasteiger partial charge is 0.310 e. The zero-order chi connectivity index (χ0) is 13.2. The Bertz CT molecular complexity index is 456. The van der Waals surface area contributed by atoms with Crippen LogP contribution in [0.5, 0.6) is 0 Å². The third-order valence-electron chi connectivity index (χ3n) is 3.56. The molecule has 1 aromatic rings. The molecule has 1 saturated heterocycles. The van der Waals surface area contributed by atoms with E-state index in [2.05, 4.69) is 5.32 Å². The molecule has 98 valence electrons. The summed E-state index contributed by atoms with van der Waals surface area (Å²) in [4.78, 5) is 11.6. The molecule has 0 spiro atoms. The first-order chi connectivity index (χ1) is 8.53. The molecule has 1 heterocycles. The molecule has 18 heavy (non-hydrogen) atoms. The second-order valence-corrected chi connectivity index (χ2v) is 5.59. The summed E-state index contributed by atoms with van der Waals surface area (Å²) in [6, 6.07) is 5.23. The van der Waals surface area contributed by atoms with E-state index in [1.165, 1.54) is 0 Å². The molecule has 3 nitrogen and oxygen atoms in total. The summed E-state index contributed by atoms with van der Waals surface area (Å²) in [5.41, 5.74) is 0.147. The van der Waals surface area contributed by atoms with E-state index in [1.54, 1.807) is 12.1 Å². The maximum absolute atomic E-state index is 11.6. The minimum Gasteiger partial charge on any atom is -0.481 e. The number of benzene rings is 1. The van der Waals surface area contributed by atoms with Crippen LogP contribution in [-0.4, -0.2) is 24.2 Å². The Labute approximate surface area is 116 Å². The summed E-state index contributed by atoms with van der Waals surface area (Å²) in [7, 11) is 0.